The summed E-state index contributed by atoms with van der Waals surface area (Å²) in [5.41, 5.74) is 2.19. The largest absolute Gasteiger partial charge is 0.393 e. The summed E-state index contributed by atoms with van der Waals surface area (Å²) in [6.07, 6.45) is 8.88. The predicted octanol–water partition coefficient (Wildman–Crippen LogP) is 2.51. The maximum Gasteiger partial charge on any atom is 0.244 e. The van der Waals surface area contributed by atoms with Crippen molar-refractivity contribution in [3.8, 4) is 0 Å². The molecular formula is C26H35N3O4S2. The predicted molar refractivity (Wildman–Crippen MR) is 142 cm³/mol. The third-order valence-electron chi connectivity index (χ3n) is 7.41. The van der Waals surface area contributed by atoms with Gasteiger partial charge in [-0.15, -0.1) is 0 Å². The lowest BCUT2D eigenvalue weighted by Crippen LogP contribution is -2.60. The highest BCUT2D eigenvalue weighted by molar-refractivity contribution is 7.96. The Kier molecular flexibility index (Phi) is 7.44. The van der Waals surface area contributed by atoms with Gasteiger partial charge in [-0.25, -0.2) is 8.42 Å². The van der Waals surface area contributed by atoms with E-state index < -0.39 is 10.0 Å². The van der Waals surface area contributed by atoms with Crippen LogP contribution in [0.3, 0.4) is 0 Å². The van der Waals surface area contributed by atoms with Crippen LogP contribution in [-0.2, 0) is 21.2 Å². The van der Waals surface area contributed by atoms with Gasteiger partial charge in [0.05, 0.1) is 29.3 Å². The van der Waals surface area contributed by atoms with Gasteiger partial charge < -0.3 is 14.7 Å². The molecule has 0 amide bonds. The van der Waals surface area contributed by atoms with Crippen LogP contribution in [-0.4, -0.2) is 91.2 Å². The van der Waals surface area contributed by atoms with Gasteiger partial charge in [0.15, 0.2) is 0 Å². The molecule has 3 saturated heterocycles. The molecule has 0 aromatic heterocycles. The van der Waals surface area contributed by atoms with Crippen molar-refractivity contribution in [2.24, 2.45) is 0 Å². The number of anilines is 1. The van der Waals surface area contributed by atoms with Crippen molar-refractivity contribution in [1.29, 1.82) is 0 Å². The first-order valence-corrected chi connectivity index (χ1v) is 14.5. The van der Waals surface area contributed by atoms with E-state index in [0.29, 0.717) is 49.5 Å². The molecule has 5 rings (SSSR count). The molecule has 1 aromatic carbocycles. The number of rotatable bonds is 7. The lowest BCUT2D eigenvalue weighted by molar-refractivity contribution is -0.0406. The van der Waals surface area contributed by atoms with E-state index in [0.717, 1.165) is 43.7 Å². The molecule has 35 heavy (non-hydrogen) atoms. The zero-order valence-electron chi connectivity index (χ0n) is 20.3. The van der Waals surface area contributed by atoms with Gasteiger partial charge >= 0.3 is 0 Å². The smallest absolute Gasteiger partial charge is 0.244 e. The number of ether oxygens (including phenoxy) is 1. The number of allylic oxidation sites excluding steroid dienone is 4. The van der Waals surface area contributed by atoms with Crippen molar-refractivity contribution < 1.29 is 18.3 Å². The maximum absolute atomic E-state index is 13.6. The Bertz CT molecular complexity index is 1090. The second-order valence-corrected chi connectivity index (χ2v) is 12.6. The van der Waals surface area contributed by atoms with E-state index in [1.54, 1.807) is 23.4 Å². The minimum Gasteiger partial charge on any atom is -0.393 e. The summed E-state index contributed by atoms with van der Waals surface area (Å²) >= 11 is 5.40. The van der Waals surface area contributed by atoms with E-state index in [9.17, 15) is 13.5 Å². The number of hydrogen-bond donors (Lipinski definition) is 1. The highest BCUT2D eigenvalue weighted by atomic mass is 32.2. The third kappa shape index (κ3) is 5.55. The molecule has 3 fully saturated rings. The van der Waals surface area contributed by atoms with Crippen LogP contribution in [0.4, 0.5) is 5.69 Å². The van der Waals surface area contributed by atoms with Gasteiger partial charge in [0, 0.05) is 56.2 Å². The fourth-order valence-electron chi connectivity index (χ4n) is 5.75. The van der Waals surface area contributed by atoms with Crippen LogP contribution >= 0.6 is 12.2 Å². The Hall–Kier alpha value is -1.62. The number of hydrogen-bond acceptors (Lipinski definition) is 7. The Labute approximate surface area is 214 Å². The number of morpholine rings is 1. The molecule has 9 heteroatoms. The average molecular weight is 518 g/mol. The normalized spacial score (nSPS) is 28.9. The van der Waals surface area contributed by atoms with E-state index in [2.05, 4.69) is 34.1 Å². The first kappa shape index (κ1) is 25.0. The number of aliphatic hydroxyl groups excluding tert-OH is 1. The molecule has 3 aliphatic heterocycles. The molecule has 0 saturated carbocycles. The van der Waals surface area contributed by atoms with Crippen LogP contribution in [0, 0.1) is 0 Å². The highest BCUT2D eigenvalue weighted by Crippen LogP contribution is 2.30. The number of aliphatic hydroxyl groups is 1. The van der Waals surface area contributed by atoms with Crippen molar-refractivity contribution in [1.82, 2.24) is 9.21 Å². The van der Waals surface area contributed by atoms with E-state index >= 15 is 0 Å². The topological polar surface area (TPSA) is 73.3 Å². The Morgan fingerprint density at radius 1 is 1.11 bits per heavy atom. The molecule has 3 unspecified atom stereocenters. The lowest BCUT2D eigenvalue weighted by atomic mass is 10.1. The minimum absolute atomic E-state index is 0.0203. The second-order valence-electron chi connectivity index (χ2n) is 10.2. The van der Waals surface area contributed by atoms with Crippen molar-refractivity contribution in [3.63, 3.8) is 0 Å². The number of piperazine rings is 1. The van der Waals surface area contributed by atoms with Gasteiger partial charge in [-0.1, -0.05) is 36.5 Å². The standard InChI is InChI=1S/C26H35N3O4S2/c1-19(30)14-20-6-8-21(9-7-20)29-13-12-28(35(31,32)26-5-3-2-4-25(26)34)16-22(29)15-27-17-23-10-11-24(18-27)33-23/h2-3,5-9,19,22-24,30H,4,10-18H2,1H3/t19?,22-,23?,24?/m0/s1. The zero-order chi connectivity index (χ0) is 24.6. The average Bonchev–Trinajstić information content (AvgIpc) is 3.17. The second kappa shape index (κ2) is 10.4. The van der Waals surface area contributed by atoms with Crippen LogP contribution in [0.1, 0.15) is 31.7 Å². The molecule has 190 valence electrons. The molecule has 4 atom stereocenters. The van der Waals surface area contributed by atoms with Crippen LogP contribution < -0.4 is 4.90 Å². The van der Waals surface area contributed by atoms with Crippen molar-refractivity contribution >= 4 is 32.8 Å². The summed E-state index contributed by atoms with van der Waals surface area (Å²) in [5, 5.41) is 9.72. The summed E-state index contributed by atoms with van der Waals surface area (Å²) in [7, 11) is -3.64. The SMILES string of the molecule is CC(O)Cc1ccc(N2CCN(S(=O)(=O)C3=CC=CCC3=S)C[C@@H]2CN2CC3CCC(C2)O3)cc1. The van der Waals surface area contributed by atoms with Crippen molar-refractivity contribution in [3.05, 3.63) is 53.0 Å². The fourth-order valence-corrected chi connectivity index (χ4v) is 7.82. The fraction of sp³-hybridized carbons (Fsp3) is 0.577. The van der Waals surface area contributed by atoms with E-state index in [1.807, 2.05) is 6.08 Å². The molecule has 7 nitrogen and oxygen atoms in total. The van der Waals surface area contributed by atoms with Gasteiger partial charge in [0.25, 0.3) is 0 Å². The Balaban J connectivity index is 1.37. The van der Waals surface area contributed by atoms with E-state index in [4.69, 9.17) is 17.0 Å². The van der Waals surface area contributed by atoms with Crippen LogP contribution in [0.5, 0.6) is 0 Å². The molecule has 1 aromatic rings. The van der Waals surface area contributed by atoms with Gasteiger partial charge in [-0.3, -0.25) is 4.90 Å². The number of nitrogens with zero attached hydrogens (tertiary/aromatic N) is 3. The molecule has 3 heterocycles. The number of likely N-dealkylation sites (tertiary alicyclic amines) is 1. The first-order chi connectivity index (χ1) is 16.8. The van der Waals surface area contributed by atoms with Gasteiger partial charge in [-0.2, -0.15) is 4.31 Å². The van der Waals surface area contributed by atoms with Crippen LogP contribution in [0.25, 0.3) is 0 Å². The van der Waals surface area contributed by atoms with Crippen molar-refractivity contribution in [2.45, 2.75) is 57.0 Å². The summed E-state index contributed by atoms with van der Waals surface area (Å²) < 4.78 is 34.8. The van der Waals surface area contributed by atoms with Crippen molar-refractivity contribution in [2.75, 3.05) is 44.2 Å². The molecule has 0 radical (unpaired) electrons. The molecular weight excluding hydrogens is 482 g/mol. The van der Waals surface area contributed by atoms with Gasteiger partial charge in [0.2, 0.25) is 10.0 Å². The number of sulfonamides is 1. The number of fused-ring (bicyclic) bond motifs is 2. The minimum atomic E-state index is -3.64. The van der Waals surface area contributed by atoms with E-state index in [1.165, 1.54) is 0 Å². The van der Waals surface area contributed by atoms with Gasteiger partial charge in [0.1, 0.15) is 0 Å². The Morgan fingerprint density at radius 3 is 2.49 bits per heavy atom. The summed E-state index contributed by atoms with van der Waals surface area (Å²) in [4.78, 5) is 5.57. The molecule has 1 aliphatic carbocycles. The lowest BCUT2D eigenvalue weighted by Gasteiger charge is -2.45. The van der Waals surface area contributed by atoms with Crippen LogP contribution in [0.15, 0.2) is 47.4 Å². The summed E-state index contributed by atoms with van der Waals surface area (Å²) in [5.74, 6) is 0. The quantitative estimate of drug-likeness (QED) is 0.557. The summed E-state index contributed by atoms with van der Waals surface area (Å²) in [6.45, 7) is 5.86. The zero-order valence-corrected chi connectivity index (χ0v) is 21.9. The summed E-state index contributed by atoms with van der Waals surface area (Å²) in [6, 6.07) is 8.35. The molecule has 4 aliphatic rings. The first-order valence-electron chi connectivity index (χ1n) is 12.6. The molecule has 1 N–H and O–H groups in total. The molecule has 0 spiro atoms. The monoisotopic (exact) mass is 517 g/mol. The number of benzene rings is 1. The van der Waals surface area contributed by atoms with Crippen LogP contribution in [0.2, 0.25) is 0 Å². The van der Waals surface area contributed by atoms with Gasteiger partial charge in [-0.05, 0) is 50.0 Å². The molecule has 2 bridgehead atoms. The number of thiocarbonyl (C=S) groups is 1. The maximum atomic E-state index is 13.6. The Morgan fingerprint density at radius 2 is 1.83 bits per heavy atom. The third-order valence-corrected chi connectivity index (χ3v) is 9.88. The highest BCUT2D eigenvalue weighted by Gasteiger charge is 2.40. The van der Waals surface area contributed by atoms with E-state index in [-0.39, 0.29) is 17.1 Å².